The molecule has 1 amide bonds. The van der Waals surface area contributed by atoms with Crippen LogP contribution in [0, 0.1) is 11.6 Å². The summed E-state index contributed by atoms with van der Waals surface area (Å²) in [4.78, 5) is 13.2. The van der Waals surface area contributed by atoms with Crippen molar-refractivity contribution in [3.8, 4) is 0 Å². The number of aromatic nitrogens is 1. The van der Waals surface area contributed by atoms with Crippen LogP contribution in [-0.2, 0) is 25.9 Å². The predicted molar refractivity (Wildman–Crippen MR) is 146 cm³/mol. The Morgan fingerprint density at radius 2 is 1.70 bits per heavy atom. The lowest BCUT2D eigenvalue weighted by Gasteiger charge is -2.20. The maximum atomic E-state index is 13.8. The van der Waals surface area contributed by atoms with Crippen molar-refractivity contribution >= 4 is 16.8 Å². The second-order valence-corrected chi connectivity index (χ2v) is 9.57. The van der Waals surface area contributed by atoms with Crippen LogP contribution in [-0.4, -0.2) is 23.1 Å². The average Bonchev–Trinajstić information content (AvgIpc) is 3.28. The first-order chi connectivity index (χ1) is 17.9. The minimum atomic E-state index is -0.615. The third-order valence-corrected chi connectivity index (χ3v) is 6.64. The average molecular weight is 504 g/mol. The number of amides is 1. The number of fused-ring (bicyclic) bond motifs is 1. The highest BCUT2D eigenvalue weighted by atomic mass is 19.1. The zero-order chi connectivity index (χ0) is 26.2. The van der Waals surface area contributed by atoms with Crippen LogP contribution in [0.1, 0.15) is 53.7 Å². The number of halogens is 2. The van der Waals surface area contributed by atoms with Crippen molar-refractivity contribution in [2.24, 2.45) is 0 Å². The molecular formula is C31H35F2N3O. The predicted octanol–water partition coefficient (Wildman–Crippen LogP) is 6.41. The summed E-state index contributed by atoms with van der Waals surface area (Å²) in [6.45, 7) is 6.51. The van der Waals surface area contributed by atoms with Gasteiger partial charge in [-0.2, -0.15) is 0 Å². The summed E-state index contributed by atoms with van der Waals surface area (Å²) in [6, 6.07) is 19.4. The number of hydrogen-bond acceptors (Lipinski definition) is 2. The molecule has 1 atom stereocenters. The van der Waals surface area contributed by atoms with E-state index in [2.05, 4.69) is 59.4 Å². The van der Waals surface area contributed by atoms with Gasteiger partial charge in [-0.1, -0.05) is 44.2 Å². The Hall–Kier alpha value is -3.51. The third-order valence-electron chi connectivity index (χ3n) is 6.64. The normalized spacial score (nSPS) is 12.1. The highest BCUT2D eigenvalue weighted by Crippen LogP contribution is 2.19. The van der Waals surface area contributed by atoms with Gasteiger partial charge in [0.1, 0.15) is 11.6 Å². The second-order valence-electron chi connectivity index (χ2n) is 9.57. The number of rotatable bonds is 12. The molecule has 0 aliphatic rings. The molecule has 4 aromatic rings. The summed E-state index contributed by atoms with van der Waals surface area (Å²) >= 11 is 0. The lowest BCUT2D eigenvalue weighted by molar-refractivity contribution is 0.0935. The fourth-order valence-corrected chi connectivity index (χ4v) is 4.74. The summed E-state index contributed by atoms with van der Waals surface area (Å²) in [6.07, 6.45) is 4.98. The Kier molecular flexibility index (Phi) is 9.07. The minimum Gasteiger partial charge on any atom is -0.349 e. The molecule has 194 valence electrons. The van der Waals surface area contributed by atoms with Crippen LogP contribution in [0.2, 0.25) is 0 Å². The zero-order valence-corrected chi connectivity index (χ0v) is 21.6. The van der Waals surface area contributed by atoms with Gasteiger partial charge in [0.15, 0.2) is 0 Å². The number of aryl methyl sites for hydroxylation is 2. The molecule has 2 N–H and O–H groups in total. The van der Waals surface area contributed by atoms with Crippen molar-refractivity contribution in [2.75, 3.05) is 6.54 Å². The lowest BCUT2D eigenvalue weighted by Crippen LogP contribution is -2.38. The first-order valence-electron chi connectivity index (χ1n) is 13.1. The van der Waals surface area contributed by atoms with Crippen molar-refractivity contribution in [1.29, 1.82) is 0 Å². The van der Waals surface area contributed by atoms with Gasteiger partial charge in [0, 0.05) is 42.5 Å². The molecule has 0 spiro atoms. The van der Waals surface area contributed by atoms with Gasteiger partial charge < -0.3 is 15.2 Å². The van der Waals surface area contributed by atoms with E-state index < -0.39 is 11.6 Å². The smallest absolute Gasteiger partial charge is 0.251 e. The maximum Gasteiger partial charge on any atom is 0.251 e. The SMILES string of the molecule is CCCn1ccc2ccc(C(=O)N[C@H](CCNCc3cccc(CC)c3)Cc3cc(F)cc(F)c3)cc21. The van der Waals surface area contributed by atoms with Crippen LogP contribution in [0.15, 0.2) is 72.9 Å². The van der Waals surface area contributed by atoms with Gasteiger partial charge in [0.25, 0.3) is 5.91 Å². The number of hydrogen-bond donors (Lipinski definition) is 2. The van der Waals surface area contributed by atoms with Gasteiger partial charge >= 0.3 is 0 Å². The summed E-state index contributed by atoms with van der Waals surface area (Å²) in [5.41, 5.74) is 4.61. The van der Waals surface area contributed by atoms with Crippen molar-refractivity contribution in [2.45, 2.75) is 58.7 Å². The first kappa shape index (κ1) is 26.6. The largest absolute Gasteiger partial charge is 0.349 e. The number of nitrogens with zero attached hydrogens (tertiary/aromatic N) is 1. The van der Waals surface area contributed by atoms with E-state index in [0.29, 0.717) is 37.1 Å². The van der Waals surface area contributed by atoms with Gasteiger partial charge in [0.05, 0.1) is 0 Å². The Labute approximate surface area is 217 Å². The quantitative estimate of drug-likeness (QED) is 0.219. The van der Waals surface area contributed by atoms with Gasteiger partial charge in [-0.15, -0.1) is 0 Å². The minimum absolute atomic E-state index is 0.191. The van der Waals surface area contributed by atoms with Gasteiger partial charge in [-0.25, -0.2) is 8.78 Å². The van der Waals surface area contributed by atoms with E-state index in [0.717, 1.165) is 36.4 Å². The molecule has 4 rings (SSSR count). The Bertz CT molecular complexity index is 1330. The van der Waals surface area contributed by atoms with Crippen LogP contribution in [0.25, 0.3) is 10.9 Å². The van der Waals surface area contributed by atoms with E-state index >= 15 is 0 Å². The summed E-state index contributed by atoms with van der Waals surface area (Å²) < 4.78 is 29.8. The van der Waals surface area contributed by atoms with E-state index in [1.165, 1.54) is 23.3 Å². The molecule has 1 aromatic heterocycles. The molecule has 0 saturated heterocycles. The van der Waals surface area contributed by atoms with Crippen molar-refractivity contribution in [1.82, 2.24) is 15.2 Å². The van der Waals surface area contributed by atoms with Gasteiger partial charge in [-0.05, 0) is 84.6 Å². The molecule has 0 unspecified atom stereocenters. The molecular weight excluding hydrogens is 468 g/mol. The molecule has 0 fully saturated rings. The van der Waals surface area contributed by atoms with Crippen LogP contribution in [0.3, 0.4) is 0 Å². The lowest BCUT2D eigenvalue weighted by atomic mass is 10.0. The van der Waals surface area contributed by atoms with E-state index in [1.54, 1.807) is 0 Å². The standard InChI is InChI=1S/C31H35F2N3O/c1-3-13-36-14-11-25-8-9-26(19-30(25)36)31(37)35-29(18-24-16-27(32)20-28(33)17-24)10-12-34-21-23-7-5-6-22(4-2)15-23/h5-9,11,14-17,19-20,29,34H,3-4,10,12-13,18,21H2,1-2H3,(H,35,37)/t29-/m1/s1. The number of carbonyl (C=O) groups is 1. The van der Waals surface area contributed by atoms with E-state index in [9.17, 15) is 13.6 Å². The number of carbonyl (C=O) groups excluding carboxylic acids is 1. The second kappa shape index (κ2) is 12.6. The van der Waals surface area contributed by atoms with E-state index in [-0.39, 0.29) is 11.9 Å². The summed E-state index contributed by atoms with van der Waals surface area (Å²) in [5.74, 6) is -1.42. The maximum absolute atomic E-state index is 13.8. The molecule has 1 heterocycles. The summed E-state index contributed by atoms with van der Waals surface area (Å²) in [7, 11) is 0. The van der Waals surface area contributed by atoms with Crippen molar-refractivity contribution in [3.63, 3.8) is 0 Å². The highest BCUT2D eigenvalue weighted by molar-refractivity contribution is 5.98. The number of nitrogens with one attached hydrogen (secondary N) is 2. The van der Waals surface area contributed by atoms with Crippen molar-refractivity contribution < 1.29 is 13.6 Å². The monoisotopic (exact) mass is 503 g/mol. The third kappa shape index (κ3) is 7.26. The van der Waals surface area contributed by atoms with Gasteiger partial charge in [0.2, 0.25) is 0 Å². The molecule has 3 aromatic carbocycles. The Balaban J connectivity index is 1.45. The Morgan fingerprint density at radius 3 is 2.46 bits per heavy atom. The molecule has 0 aliphatic heterocycles. The fraction of sp³-hybridized carbons (Fsp3) is 0.323. The topological polar surface area (TPSA) is 46.1 Å². The first-order valence-corrected chi connectivity index (χ1v) is 13.1. The Morgan fingerprint density at radius 1 is 0.919 bits per heavy atom. The van der Waals surface area contributed by atoms with E-state index in [4.69, 9.17) is 0 Å². The van der Waals surface area contributed by atoms with E-state index in [1.807, 2.05) is 24.4 Å². The van der Waals surface area contributed by atoms with Crippen LogP contribution < -0.4 is 10.6 Å². The summed E-state index contributed by atoms with van der Waals surface area (Å²) in [5, 5.41) is 7.65. The highest BCUT2D eigenvalue weighted by Gasteiger charge is 2.17. The molecule has 37 heavy (non-hydrogen) atoms. The molecule has 0 aliphatic carbocycles. The fourth-order valence-electron chi connectivity index (χ4n) is 4.74. The molecule has 0 saturated carbocycles. The van der Waals surface area contributed by atoms with Crippen molar-refractivity contribution in [3.05, 3.63) is 107 Å². The molecule has 4 nitrogen and oxygen atoms in total. The molecule has 0 radical (unpaired) electrons. The van der Waals surface area contributed by atoms with Crippen LogP contribution in [0.5, 0.6) is 0 Å². The van der Waals surface area contributed by atoms with Gasteiger partial charge in [-0.3, -0.25) is 4.79 Å². The molecule has 6 heteroatoms. The number of benzene rings is 3. The molecule has 0 bridgehead atoms. The van der Waals surface area contributed by atoms with Crippen LogP contribution >= 0.6 is 0 Å². The van der Waals surface area contributed by atoms with Crippen LogP contribution in [0.4, 0.5) is 8.78 Å². The zero-order valence-electron chi connectivity index (χ0n) is 21.6.